The zero-order valence-corrected chi connectivity index (χ0v) is 33.3. The quantitative estimate of drug-likeness (QED) is 0.109. The first kappa shape index (κ1) is 44.8. The molecule has 312 valence electrons. The number of nitrogens with one attached hydrogen (secondary N) is 2. The molecule has 58 heavy (non-hydrogen) atoms. The van der Waals surface area contributed by atoms with E-state index < -0.39 is 60.3 Å². The van der Waals surface area contributed by atoms with Crippen LogP contribution in [0.3, 0.4) is 0 Å². The Morgan fingerprint density at radius 2 is 1.69 bits per heavy atom. The number of carboxylic acid groups (broad SMARTS) is 2. The van der Waals surface area contributed by atoms with Gasteiger partial charge in [-0.3, -0.25) is 24.1 Å². The highest BCUT2D eigenvalue weighted by Crippen LogP contribution is 2.29. The highest BCUT2D eigenvalue weighted by atomic mass is 16.6. The van der Waals surface area contributed by atoms with Crippen molar-refractivity contribution in [1.82, 2.24) is 20.4 Å². The van der Waals surface area contributed by atoms with Gasteiger partial charge in [0.15, 0.2) is 0 Å². The number of benzene rings is 3. The molecule has 0 bridgehead atoms. The number of ether oxygens (including phenoxy) is 3. The maximum Gasteiger partial charge on any atom is 0.410 e. The Morgan fingerprint density at radius 1 is 0.966 bits per heavy atom. The molecule has 1 fully saturated rings. The lowest BCUT2D eigenvalue weighted by molar-refractivity contribution is -0.145. The smallest absolute Gasteiger partial charge is 0.410 e. The van der Waals surface area contributed by atoms with Crippen molar-refractivity contribution in [3.63, 3.8) is 0 Å². The van der Waals surface area contributed by atoms with Crippen LogP contribution >= 0.6 is 0 Å². The number of carbonyl (C=O) groups excluding carboxylic acids is 4. The lowest BCUT2D eigenvalue weighted by atomic mass is 10.0. The van der Waals surface area contributed by atoms with E-state index in [2.05, 4.69) is 17.2 Å². The number of amides is 4. The molecular weight excluding hydrogens is 748 g/mol. The molecule has 15 heteroatoms. The van der Waals surface area contributed by atoms with Gasteiger partial charge in [-0.25, -0.2) is 9.59 Å². The van der Waals surface area contributed by atoms with Crippen LogP contribution < -0.4 is 15.4 Å². The van der Waals surface area contributed by atoms with Crippen molar-refractivity contribution < 1.29 is 53.2 Å². The van der Waals surface area contributed by atoms with Gasteiger partial charge in [0.25, 0.3) is 5.91 Å². The monoisotopic (exact) mass is 802 g/mol. The second-order valence-electron chi connectivity index (χ2n) is 14.7. The second kappa shape index (κ2) is 22.1. The Hall–Kier alpha value is -5.96. The first-order valence-corrected chi connectivity index (χ1v) is 19.4. The first-order valence-electron chi connectivity index (χ1n) is 19.4. The molecule has 4 atom stereocenters. The van der Waals surface area contributed by atoms with Crippen LogP contribution in [-0.4, -0.2) is 120 Å². The maximum atomic E-state index is 14.4. The van der Waals surface area contributed by atoms with Crippen LogP contribution in [0.2, 0.25) is 0 Å². The zero-order valence-electron chi connectivity index (χ0n) is 33.3. The molecule has 4 rings (SSSR count). The molecule has 1 saturated heterocycles. The third-order valence-corrected chi connectivity index (χ3v) is 9.63. The van der Waals surface area contributed by atoms with Crippen LogP contribution in [0.25, 0.3) is 10.8 Å². The van der Waals surface area contributed by atoms with Gasteiger partial charge in [0.2, 0.25) is 11.8 Å². The standard InChI is InChI=1S/C43H54N4O11/c1-5-20-57-43(55)46(4)35(22-28(2)3)41(52)47(25-32-16-11-12-21-56-32)26-37(48)44-31(23-29-13-7-6-8-14-29)27-58-36-19-18-30-15-9-10-17-33(30)39(36)40(51)45-34(42(53)54)24-38(49)50/h5-10,13-15,17-19,28,31-32,34-35H,1,11-12,16,20-27H2,2-4H3,(H,44,48)(H,45,51)(H,49,50)(H,53,54)/t31?,32-,34?,35?/m1/s1. The number of nitrogens with zero attached hydrogens (tertiary/aromatic N) is 2. The Kier molecular flexibility index (Phi) is 17.1. The number of carboxylic acids is 2. The van der Waals surface area contributed by atoms with Crippen LogP contribution in [-0.2, 0) is 35.1 Å². The normalized spacial score (nSPS) is 15.3. The van der Waals surface area contributed by atoms with Gasteiger partial charge in [0.1, 0.15) is 31.0 Å². The number of rotatable bonds is 21. The number of hydrogen-bond donors (Lipinski definition) is 4. The van der Waals surface area contributed by atoms with Gasteiger partial charge >= 0.3 is 18.0 Å². The average molecular weight is 803 g/mol. The topological polar surface area (TPSA) is 201 Å². The molecular formula is C43H54N4O11. The van der Waals surface area contributed by atoms with Crippen molar-refractivity contribution in [2.75, 3.05) is 40.0 Å². The summed E-state index contributed by atoms with van der Waals surface area (Å²) < 4.78 is 17.5. The minimum Gasteiger partial charge on any atom is -0.491 e. The molecule has 4 N–H and O–H groups in total. The third kappa shape index (κ3) is 13.3. The zero-order chi connectivity index (χ0) is 42.2. The lowest BCUT2D eigenvalue weighted by Gasteiger charge is -2.35. The third-order valence-electron chi connectivity index (χ3n) is 9.63. The minimum atomic E-state index is -1.70. The Labute approximate surface area is 338 Å². The summed E-state index contributed by atoms with van der Waals surface area (Å²) in [4.78, 5) is 80.9. The molecule has 3 unspecified atom stereocenters. The summed E-state index contributed by atoms with van der Waals surface area (Å²) in [6, 6.07) is 16.2. The molecule has 0 aromatic heterocycles. The molecule has 3 aromatic rings. The predicted octanol–water partition coefficient (Wildman–Crippen LogP) is 4.67. The number of likely N-dealkylation sites (N-methyl/N-ethyl adjacent to an activating group) is 1. The summed E-state index contributed by atoms with van der Waals surface area (Å²) in [5, 5.41) is 25.3. The first-order chi connectivity index (χ1) is 27.8. The van der Waals surface area contributed by atoms with Gasteiger partial charge in [-0.2, -0.15) is 0 Å². The van der Waals surface area contributed by atoms with Gasteiger partial charge in [0, 0.05) is 20.2 Å². The Balaban J connectivity index is 1.62. The van der Waals surface area contributed by atoms with Crippen LogP contribution in [0.15, 0.2) is 79.4 Å². The summed E-state index contributed by atoms with van der Waals surface area (Å²) in [7, 11) is 1.49. The van der Waals surface area contributed by atoms with Crippen molar-refractivity contribution >= 4 is 46.5 Å². The van der Waals surface area contributed by atoms with E-state index >= 15 is 0 Å². The van der Waals surface area contributed by atoms with E-state index in [1.165, 1.54) is 22.9 Å². The molecule has 4 amide bonds. The van der Waals surface area contributed by atoms with Gasteiger partial charge in [0.05, 0.1) is 30.7 Å². The molecule has 0 saturated carbocycles. The molecule has 0 aliphatic carbocycles. The summed E-state index contributed by atoms with van der Waals surface area (Å²) >= 11 is 0. The fourth-order valence-electron chi connectivity index (χ4n) is 6.77. The molecule has 1 aliphatic rings. The van der Waals surface area contributed by atoms with Crippen molar-refractivity contribution in [2.45, 2.75) is 76.6 Å². The number of hydrogen-bond acceptors (Lipinski definition) is 9. The molecule has 15 nitrogen and oxygen atoms in total. The maximum absolute atomic E-state index is 14.4. The van der Waals surface area contributed by atoms with Crippen molar-refractivity contribution in [3.05, 3.63) is 90.5 Å². The van der Waals surface area contributed by atoms with E-state index in [9.17, 15) is 39.0 Å². The van der Waals surface area contributed by atoms with E-state index in [4.69, 9.17) is 14.2 Å². The van der Waals surface area contributed by atoms with Gasteiger partial charge < -0.3 is 40.0 Å². The van der Waals surface area contributed by atoms with Crippen molar-refractivity contribution in [2.24, 2.45) is 5.92 Å². The highest BCUT2D eigenvalue weighted by Gasteiger charge is 2.35. The predicted molar refractivity (Wildman–Crippen MR) is 215 cm³/mol. The fraction of sp³-hybridized carbons (Fsp3) is 0.442. The summed E-state index contributed by atoms with van der Waals surface area (Å²) in [6.45, 7) is 7.58. The van der Waals surface area contributed by atoms with Crippen LogP contribution in [0.4, 0.5) is 4.79 Å². The molecule has 1 aliphatic heterocycles. The lowest BCUT2D eigenvalue weighted by Crippen LogP contribution is -2.55. The Morgan fingerprint density at radius 3 is 2.34 bits per heavy atom. The van der Waals surface area contributed by atoms with E-state index in [1.54, 1.807) is 36.4 Å². The van der Waals surface area contributed by atoms with E-state index in [1.807, 2.05) is 44.2 Å². The largest absolute Gasteiger partial charge is 0.491 e. The van der Waals surface area contributed by atoms with E-state index in [-0.39, 0.29) is 49.6 Å². The number of fused-ring (bicyclic) bond motifs is 1. The van der Waals surface area contributed by atoms with E-state index in [0.29, 0.717) is 36.6 Å². The summed E-state index contributed by atoms with van der Waals surface area (Å²) in [5.74, 6) is -4.59. The number of aliphatic carboxylic acids is 2. The fourth-order valence-corrected chi connectivity index (χ4v) is 6.77. The molecule has 1 heterocycles. The van der Waals surface area contributed by atoms with Gasteiger partial charge in [-0.05, 0) is 60.4 Å². The highest BCUT2D eigenvalue weighted by molar-refractivity contribution is 6.10. The molecule has 0 spiro atoms. The number of carbonyl (C=O) groups is 6. The van der Waals surface area contributed by atoms with Crippen molar-refractivity contribution in [1.29, 1.82) is 0 Å². The Bertz CT molecular complexity index is 1900. The minimum absolute atomic E-state index is 0.00397. The van der Waals surface area contributed by atoms with Crippen LogP contribution in [0, 0.1) is 5.92 Å². The second-order valence-corrected chi connectivity index (χ2v) is 14.7. The summed E-state index contributed by atoms with van der Waals surface area (Å²) in [5.41, 5.74) is 0.863. The van der Waals surface area contributed by atoms with Gasteiger partial charge in [-0.1, -0.05) is 87.2 Å². The molecule has 3 aromatic carbocycles. The molecule has 0 radical (unpaired) electrons. The van der Waals surface area contributed by atoms with Crippen LogP contribution in [0.5, 0.6) is 5.75 Å². The van der Waals surface area contributed by atoms with Crippen LogP contribution in [0.1, 0.15) is 61.9 Å². The van der Waals surface area contributed by atoms with Crippen molar-refractivity contribution in [3.8, 4) is 5.75 Å². The van der Waals surface area contributed by atoms with Gasteiger partial charge in [-0.15, -0.1) is 0 Å². The summed E-state index contributed by atoms with van der Waals surface area (Å²) in [6.07, 6.45) is 2.71. The van der Waals surface area contributed by atoms with E-state index in [0.717, 1.165) is 18.4 Å². The average Bonchev–Trinajstić information content (AvgIpc) is 3.20. The SMILES string of the molecule is C=CCOC(=O)N(C)C(CC(C)C)C(=O)N(CC(=O)NC(COc1ccc2ccccc2c1C(=O)NC(CC(=O)O)C(=O)O)Cc1ccccc1)C[C@H]1CCCCO1.